The van der Waals surface area contributed by atoms with Gasteiger partial charge in [0.2, 0.25) is 0 Å². The standard InChI is InChI=1S/C27H19Cl2N3O3S/c1-31-25(33)24(36-27(31)30-19-6-4-5-17(12-19)26(34)35)13-18-15-32(23-8-3-2-7-20(18)23)14-16-9-10-21(28)22(29)11-16/h2-13,15H,14H2,1H3,(H,34,35)/b24-13-,30-27?. The molecule has 36 heavy (non-hydrogen) atoms. The lowest BCUT2D eigenvalue weighted by atomic mass is 10.1. The number of hydrogen-bond acceptors (Lipinski definition) is 4. The van der Waals surface area contributed by atoms with Crippen LogP contribution in [0.1, 0.15) is 21.5 Å². The van der Waals surface area contributed by atoms with Gasteiger partial charge in [-0.15, -0.1) is 0 Å². The van der Waals surface area contributed by atoms with Crippen molar-refractivity contribution >= 4 is 74.7 Å². The molecule has 0 aliphatic carbocycles. The van der Waals surface area contributed by atoms with E-state index >= 15 is 0 Å². The molecule has 1 amide bonds. The first-order valence-electron chi connectivity index (χ1n) is 10.9. The SMILES string of the molecule is CN1C(=O)/C(=C/c2cn(Cc3ccc(Cl)c(Cl)c3)c3ccccc23)SC1=Nc1cccc(C(=O)O)c1. The molecule has 6 nitrogen and oxygen atoms in total. The van der Waals surface area contributed by atoms with Gasteiger partial charge >= 0.3 is 5.97 Å². The highest BCUT2D eigenvalue weighted by molar-refractivity contribution is 8.18. The predicted octanol–water partition coefficient (Wildman–Crippen LogP) is 6.93. The van der Waals surface area contributed by atoms with E-state index in [-0.39, 0.29) is 11.5 Å². The van der Waals surface area contributed by atoms with Gasteiger partial charge < -0.3 is 9.67 Å². The number of carboxylic acid groups (broad SMARTS) is 1. The van der Waals surface area contributed by atoms with Crippen LogP contribution in [0.5, 0.6) is 0 Å². The Kier molecular flexibility index (Phi) is 6.62. The van der Waals surface area contributed by atoms with Crippen molar-refractivity contribution in [2.45, 2.75) is 6.54 Å². The van der Waals surface area contributed by atoms with E-state index in [2.05, 4.69) is 9.56 Å². The van der Waals surface area contributed by atoms with Crippen LogP contribution < -0.4 is 0 Å². The quantitative estimate of drug-likeness (QED) is 0.281. The summed E-state index contributed by atoms with van der Waals surface area (Å²) in [6, 6.07) is 19.9. The number of thioether (sulfide) groups is 1. The van der Waals surface area contributed by atoms with Crippen molar-refractivity contribution in [3.8, 4) is 0 Å². The number of nitrogens with zero attached hydrogens (tertiary/aromatic N) is 3. The van der Waals surface area contributed by atoms with Crippen LogP contribution in [-0.2, 0) is 11.3 Å². The Labute approximate surface area is 221 Å². The summed E-state index contributed by atoms with van der Waals surface area (Å²) in [4.78, 5) is 30.8. The first-order valence-corrected chi connectivity index (χ1v) is 12.5. The summed E-state index contributed by atoms with van der Waals surface area (Å²) in [7, 11) is 1.66. The molecule has 0 radical (unpaired) electrons. The van der Waals surface area contributed by atoms with E-state index in [9.17, 15) is 14.7 Å². The summed E-state index contributed by atoms with van der Waals surface area (Å²) >= 11 is 13.5. The number of likely N-dealkylation sites (N-methyl/N-ethyl adjacent to an activating group) is 1. The fourth-order valence-corrected chi connectivity index (χ4v) is 5.27. The normalized spacial score (nSPS) is 16.0. The van der Waals surface area contributed by atoms with Crippen molar-refractivity contribution < 1.29 is 14.7 Å². The number of benzene rings is 3. The van der Waals surface area contributed by atoms with Gasteiger partial charge in [-0.25, -0.2) is 9.79 Å². The first kappa shape index (κ1) is 24.2. The summed E-state index contributed by atoms with van der Waals surface area (Å²) in [6.07, 6.45) is 3.88. The van der Waals surface area contributed by atoms with Crippen molar-refractivity contribution in [2.24, 2.45) is 4.99 Å². The minimum Gasteiger partial charge on any atom is -0.478 e. The van der Waals surface area contributed by atoms with Crippen LogP contribution in [0.25, 0.3) is 17.0 Å². The molecule has 0 atom stereocenters. The number of para-hydroxylation sites is 1. The number of amides is 1. The van der Waals surface area contributed by atoms with Crippen LogP contribution in [0.3, 0.4) is 0 Å². The summed E-state index contributed by atoms with van der Waals surface area (Å²) in [5, 5.41) is 11.7. The lowest BCUT2D eigenvalue weighted by Gasteiger charge is -2.07. The number of aliphatic imine (C=N–C) groups is 1. The van der Waals surface area contributed by atoms with E-state index in [1.54, 1.807) is 25.2 Å². The van der Waals surface area contributed by atoms with Gasteiger partial charge in [-0.1, -0.05) is 53.5 Å². The maximum Gasteiger partial charge on any atom is 0.335 e. The number of hydrogen-bond donors (Lipinski definition) is 1. The van der Waals surface area contributed by atoms with E-state index in [0.29, 0.717) is 32.4 Å². The van der Waals surface area contributed by atoms with Crippen LogP contribution in [-0.4, -0.2) is 38.7 Å². The number of aromatic nitrogens is 1. The Bertz CT molecular complexity index is 1590. The highest BCUT2D eigenvalue weighted by Gasteiger charge is 2.30. The average molecular weight is 536 g/mol. The van der Waals surface area contributed by atoms with Gasteiger partial charge in [0.15, 0.2) is 5.17 Å². The van der Waals surface area contributed by atoms with Crippen molar-refractivity contribution in [1.82, 2.24) is 9.47 Å². The molecule has 0 unspecified atom stereocenters. The molecule has 5 rings (SSSR count). The molecule has 0 bridgehead atoms. The monoisotopic (exact) mass is 535 g/mol. The molecular formula is C27H19Cl2N3O3S. The van der Waals surface area contributed by atoms with Crippen molar-refractivity contribution in [2.75, 3.05) is 7.05 Å². The number of fused-ring (bicyclic) bond motifs is 1. The van der Waals surface area contributed by atoms with Crippen LogP contribution in [0.2, 0.25) is 10.0 Å². The fourth-order valence-electron chi connectivity index (χ4n) is 3.97. The zero-order chi connectivity index (χ0) is 25.4. The predicted molar refractivity (Wildman–Crippen MR) is 146 cm³/mol. The summed E-state index contributed by atoms with van der Waals surface area (Å²) in [6.45, 7) is 0.591. The third kappa shape index (κ3) is 4.78. The number of rotatable bonds is 5. The van der Waals surface area contributed by atoms with Gasteiger partial charge in [0.25, 0.3) is 5.91 Å². The van der Waals surface area contributed by atoms with Crippen molar-refractivity contribution in [1.29, 1.82) is 0 Å². The van der Waals surface area contributed by atoms with Crippen LogP contribution in [0, 0.1) is 0 Å². The molecule has 1 N–H and O–H groups in total. The maximum atomic E-state index is 13.0. The second-order valence-corrected chi connectivity index (χ2v) is 10.0. The van der Waals surface area contributed by atoms with E-state index in [1.165, 1.54) is 28.8 Å². The second kappa shape index (κ2) is 9.85. The molecule has 1 fully saturated rings. The molecule has 2 heterocycles. The third-order valence-electron chi connectivity index (χ3n) is 5.76. The van der Waals surface area contributed by atoms with E-state index < -0.39 is 5.97 Å². The Morgan fingerprint density at radius 2 is 1.86 bits per heavy atom. The summed E-state index contributed by atoms with van der Waals surface area (Å²) < 4.78 is 2.11. The van der Waals surface area contributed by atoms with Gasteiger partial charge in [0.1, 0.15) is 0 Å². The van der Waals surface area contributed by atoms with Crippen LogP contribution in [0.15, 0.2) is 82.8 Å². The Morgan fingerprint density at radius 3 is 2.64 bits per heavy atom. The third-order valence-corrected chi connectivity index (χ3v) is 7.56. The number of halogens is 2. The highest BCUT2D eigenvalue weighted by atomic mass is 35.5. The summed E-state index contributed by atoms with van der Waals surface area (Å²) in [5.41, 5.74) is 3.55. The minimum atomic E-state index is -1.03. The smallest absolute Gasteiger partial charge is 0.335 e. The Hall–Kier alpha value is -3.52. The van der Waals surface area contributed by atoms with Gasteiger partial charge in [-0.2, -0.15) is 0 Å². The zero-order valence-corrected chi connectivity index (χ0v) is 21.3. The Morgan fingerprint density at radius 1 is 1.06 bits per heavy atom. The topological polar surface area (TPSA) is 74.9 Å². The Balaban J connectivity index is 1.49. The van der Waals surface area contributed by atoms with Crippen LogP contribution in [0.4, 0.5) is 5.69 Å². The molecule has 1 aliphatic rings. The molecule has 1 aliphatic heterocycles. The fraction of sp³-hybridized carbons (Fsp3) is 0.0741. The minimum absolute atomic E-state index is 0.138. The van der Waals surface area contributed by atoms with E-state index in [1.807, 2.05) is 48.7 Å². The molecule has 1 aromatic heterocycles. The number of amidine groups is 1. The number of aromatic carboxylic acids is 1. The van der Waals surface area contributed by atoms with Gasteiger partial charge in [-0.05, 0) is 59.8 Å². The molecule has 180 valence electrons. The van der Waals surface area contributed by atoms with Gasteiger partial charge in [0.05, 0.1) is 26.2 Å². The van der Waals surface area contributed by atoms with E-state index in [0.717, 1.165) is 22.0 Å². The molecule has 1 saturated heterocycles. The molecule has 0 saturated carbocycles. The highest BCUT2D eigenvalue weighted by Crippen LogP contribution is 2.35. The molecule has 4 aromatic rings. The van der Waals surface area contributed by atoms with Crippen molar-refractivity contribution in [3.63, 3.8) is 0 Å². The average Bonchev–Trinajstić information content (AvgIpc) is 3.34. The lowest BCUT2D eigenvalue weighted by molar-refractivity contribution is -0.121. The maximum absolute atomic E-state index is 13.0. The molecule has 3 aromatic carbocycles. The van der Waals surface area contributed by atoms with Gasteiger partial charge in [0, 0.05) is 36.3 Å². The summed E-state index contributed by atoms with van der Waals surface area (Å²) in [5.74, 6) is -1.20. The van der Waals surface area contributed by atoms with Crippen LogP contribution >= 0.6 is 35.0 Å². The molecule has 0 spiro atoms. The largest absolute Gasteiger partial charge is 0.478 e. The molecular weight excluding hydrogens is 517 g/mol. The van der Waals surface area contributed by atoms with E-state index in [4.69, 9.17) is 23.2 Å². The number of carbonyl (C=O) groups is 2. The first-order chi connectivity index (χ1) is 17.3. The lowest BCUT2D eigenvalue weighted by Crippen LogP contribution is -2.23. The number of carboxylic acids is 1. The van der Waals surface area contributed by atoms with Crippen molar-refractivity contribution in [3.05, 3.63) is 105 Å². The second-order valence-electron chi connectivity index (χ2n) is 8.20. The number of carbonyl (C=O) groups excluding carboxylic acids is 1. The molecule has 9 heteroatoms. The zero-order valence-electron chi connectivity index (χ0n) is 19.0. The van der Waals surface area contributed by atoms with Gasteiger partial charge in [-0.3, -0.25) is 9.69 Å².